The van der Waals surface area contributed by atoms with E-state index >= 15 is 0 Å². The third-order valence-electron chi connectivity index (χ3n) is 2.29. The van der Waals surface area contributed by atoms with Crippen LogP contribution in [-0.2, 0) is 17.3 Å². The average molecular weight is 297 g/mol. The molecule has 1 heterocycles. The number of ether oxygens (including phenoxy) is 1. The van der Waals surface area contributed by atoms with Crippen molar-refractivity contribution < 1.29 is 9.53 Å². The first-order valence-electron chi connectivity index (χ1n) is 5.67. The number of nitrogens with one attached hydrogen (secondary N) is 1. The summed E-state index contributed by atoms with van der Waals surface area (Å²) in [6.45, 7) is 1.82. The van der Waals surface area contributed by atoms with Gasteiger partial charge in [0.25, 0.3) is 0 Å². The molecule has 0 saturated heterocycles. The number of alkyl halides is 1. The Morgan fingerprint density at radius 1 is 1.47 bits per heavy atom. The first-order valence-corrected chi connectivity index (χ1v) is 7.09. The van der Waals surface area contributed by atoms with Gasteiger partial charge in [-0.3, -0.25) is 4.79 Å². The number of benzene rings is 1. The number of carbonyl (C=O) groups excluding carboxylic acids is 1. The number of rotatable bonds is 5. The van der Waals surface area contributed by atoms with E-state index < -0.39 is 0 Å². The van der Waals surface area contributed by atoms with Gasteiger partial charge in [0.1, 0.15) is 17.4 Å². The van der Waals surface area contributed by atoms with E-state index in [1.165, 1.54) is 18.3 Å². The largest absolute Gasteiger partial charge is 0.484 e. The molecule has 19 heavy (non-hydrogen) atoms. The van der Waals surface area contributed by atoms with Crippen molar-refractivity contribution in [3.63, 3.8) is 0 Å². The molecule has 0 aliphatic heterocycles. The minimum absolute atomic E-state index is 0.130. The highest BCUT2D eigenvalue weighted by Crippen LogP contribution is 2.25. The zero-order chi connectivity index (χ0) is 13.7. The summed E-state index contributed by atoms with van der Waals surface area (Å²) in [7, 11) is 0. The molecule has 6 heteroatoms. The van der Waals surface area contributed by atoms with Gasteiger partial charge in [0.15, 0.2) is 0 Å². The van der Waals surface area contributed by atoms with Gasteiger partial charge < -0.3 is 10.1 Å². The molecule has 0 radical (unpaired) electrons. The van der Waals surface area contributed by atoms with Gasteiger partial charge in [0, 0.05) is 12.3 Å². The molecular formula is C13H13ClN2O2S. The number of para-hydroxylation sites is 2. The van der Waals surface area contributed by atoms with Gasteiger partial charge in [0.2, 0.25) is 5.91 Å². The average Bonchev–Trinajstić information content (AvgIpc) is 2.85. The zero-order valence-corrected chi connectivity index (χ0v) is 11.9. The lowest BCUT2D eigenvalue weighted by Gasteiger charge is -2.10. The van der Waals surface area contributed by atoms with E-state index in [0.717, 1.165) is 10.7 Å². The zero-order valence-electron chi connectivity index (χ0n) is 10.4. The molecule has 1 amide bonds. The van der Waals surface area contributed by atoms with Crippen LogP contribution in [0.5, 0.6) is 5.75 Å². The Hall–Kier alpha value is -1.59. The smallest absolute Gasteiger partial charge is 0.221 e. The van der Waals surface area contributed by atoms with Crippen LogP contribution in [0, 0.1) is 0 Å². The second-order valence-electron chi connectivity index (χ2n) is 3.83. The molecule has 4 nitrogen and oxygen atoms in total. The van der Waals surface area contributed by atoms with Crippen LogP contribution >= 0.6 is 22.9 Å². The lowest BCUT2D eigenvalue weighted by Crippen LogP contribution is -2.07. The molecule has 0 saturated carbocycles. The second kappa shape index (κ2) is 6.54. The summed E-state index contributed by atoms with van der Waals surface area (Å²) in [4.78, 5) is 15.4. The molecule has 0 aliphatic carbocycles. The Balaban J connectivity index is 2.04. The molecule has 100 valence electrons. The van der Waals surface area contributed by atoms with Crippen molar-refractivity contribution in [1.82, 2.24) is 4.98 Å². The predicted octanol–water partition coefficient (Wildman–Crippen LogP) is 3.42. The molecule has 0 spiro atoms. The summed E-state index contributed by atoms with van der Waals surface area (Å²) in [5.41, 5.74) is 1.50. The highest BCUT2D eigenvalue weighted by Gasteiger charge is 2.06. The summed E-state index contributed by atoms with van der Waals surface area (Å²) >= 11 is 7.20. The van der Waals surface area contributed by atoms with Gasteiger partial charge in [-0.15, -0.1) is 22.9 Å². The second-order valence-corrected chi connectivity index (χ2v) is 5.04. The normalized spacial score (nSPS) is 10.2. The Kier molecular flexibility index (Phi) is 4.76. The van der Waals surface area contributed by atoms with E-state index in [-0.39, 0.29) is 5.91 Å². The first kappa shape index (κ1) is 13.8. The maximum Gasteiger partial charge on any atom is 0.221 e. The van der Waals surface area contributed by atoms with Crippen LogP contribution in [0.15, 0.2) is 29.6 Å². The van der Waals surface area contributed by atoms with Gasteiger partial charge >= 0.3 is 0 Å². The van der Waals surface area contributed by atoms with E-state index in [2.05, 4.69) is 10.3 Å². The Bertz CT molecular complexity index is 571. The maximum absolute atomic E-state index is 11.1. The number of aromatic nitrogens is 1. The molecule has 0 atom stereocenters. The van der Waals surface area contributed by atoms with Gasteiger partial charge in [-0.2, -0.15) is 0 Å². The predicted molar refractivity (Wildman–Crippen MR) is 76.7 cm³/mol. The summed E-state index contributed by atoms with van der Waals surface area (Å²) in [5, 5.41) is 5.49. The molecule has 0 aliphatic rings. The maximum atomic E-state index is 11.1. The number of thiazole rings is 1. The van der Waals surface area contributed by atoms with Crippen LogP contribution in [-0.4, -0.2) is 10.9 Å². The van der Waals surface area contributed by atoms with Crippen molar-refractivity contribution in [1.29, 1.82) is 0 Å². The van der Waals surface area contributed by atoms with Crippen LogP contribution in [0.1, 0.15) is 17.6 Å². The van der Waals surface area contributed by atoms with Crippen molar-refractivity contribution in [3.8, 4) is 5.75 Å². The SMILES string of the molecule is CC(=O)Nc1ccccc1OCc1nc(CCl)cs1. The summed E-state index contributed by atoms with van der Waals surface area (Å²) in [6.07, 6.45) is 0. The summed E-state index contributed by atoms with van der Waals surface area (Å²) < 4.78 is 5.67. The topological polar surface area (TPSA) is 51.2 Å². The van der Waals surface area contributed by atoms with E-state index in [1.807, 2.05) is 17.5 Å². The number of nitrogens with zero attached hydrogens (tertiary/aromatic N) is 1. The molecule has 1 aromatic carbocycles. The van der Waals surface area contributed by atoms with Crippen molar-refractivity contribution >= 4 is 34.5 Å². The van der Waals surface area contributed by atoms with Crippen molar-refractivity contribution in [3.05, 3.63) is 40.3 Å². The third-order valence-corrected chi connectivity index (χ3v) is 3.43. The number of anilines is 1. The van der Waals surface area contributed by atoms with Crippen LogP contribution in [0.4, 0.5) is 5.69 Å². The monoisotopic (exact) mass is 296 g/mol. The van der Waals surface area contributed by atoms with Crippen LogP contribution in [0.2, 0.25) is 0 Å². The molecule has 2 aromatic rings. The van der Waals surface area contributed by atoms with E-state index in [0.29, 0.717) is 23.9 Å². The molecule has 2 rings (SSSR count). The van der Waals surface area contributed by atoms with Crippen molar-refractivity contribution in [2.45, 2.75) is 19.4 Å². The molecule has 1 N–H and O–H groups in total. The van der Waals surface area contributed by atoms with E-state index in [4.69, 9.17) is 16.3 Å². The van der Waals surface area contributed by atoms with Gasteiger partial charge in [-0.25, -0.2) is 4.98 Å². The Morgan fingerprint density at radius 2 is 2.26 bits per heavy atom. The molecule has 0 unspecified atom stereocenters. The van der Waals surface area contributed by atoms with Crippen LogP contribution in [0.3, 0.4) is 0 Å². The molecule has 0 bridgehead atoms. The number of hydrogen-bond donors (Lipinski definition) is 1. The lowest BCUT2D eigenvalue weighted by atomic mass is 10.3. The van der Waals surface area contributed by atoms with E-state index in [1.54, 1.807) is 12.1 Å². The fraction of sp³-hybridized carbons (Fsp3) is 0.231. The number of halogens is 1. The van der Waals surface area contributed by atoms with Gasteiger partial charge in [0.05, 0.1) is 17.3 Å². The fourth-order valence-electron chi connectivity index (χ4n) is 1.50. The standard InChI is InChI=1S/C13H13ClN2O2S/c1-9(17)15-11-4-2-3-5-12(11)18-7-13-16-10(6-14)8-19-13/h2-5,8H,6-7H2,1H3,(H,15,17). The highest BCUT2D eigenvalue weighted by atomic mass is 35.5. The molecule has 0 fully saturated rings. The summed E-state index contributed by atoms with van der Waals surface area (Å²) in [6, 6.07) is 7.30. The quantitative estimate of drug-likeness (QED) is 0.860. The summed E-state index contributed by atoms with van der Waals surface area (Å²) in [5.74, 6) is 0.897. The number of carbonyl (C=O) groups is 1. The van der Waals surface area contributed by atoms with E-state index in [9.17, 15) is 4.79 Å². The molecule has 1 aromatic heterocycles. The Labute approximate surface area is 120 Å². The van der Waals surface area contributed by atoms with Crippen molar-refractivity contribution in [2.75, 3.05) is 5.32 Å². The van der Waals surface area contributed by atoms with Crippen molar-refractivity contribution in [2.24, 2.45) is 0 Å². The Morgan fingerprint density at radius 3 is 2.95 bits per heavy atom. The third kappa shape index (κ3) is 3.94. The fourth-order valence-corrected chi connectivity index (χ4v) is 2.43. The highest BCUT2D eigenvalue weighted by molar-refractivity contribution is 7.09. The van der Waals surface area contributed by atoms with Gasteiger partial charge in [-0.05, 0) is 12.1 Å². The molecular weight excluding hydrogens is 284 g/mol. The van der Waals surface area contributed by atoms with Gasteiger partial charge in [-0.1, -0.05) is 12.1 Å². The minimum Gasteiger partial charge on any atom is -0.484 e. The lowest BCUT2D eigenvalue weighted by molar-refractivity contribution is -0.114. The van der Waals surface area contributed by atoms with Crippen LogP contribution in [0.25, 0.3) is 0 Å². The first-order chi connectivity index (χ1) is 9.19. The number of hydrogen-bond acceptors (Lipinski definition) is 4. The number of amides is 1. The van der Waals surface area contributed by atoms with Crippen LogP contribution < -0.4 is 10.1 Å². The minimum atomic E-state index is -0.130.